The number of unbranched alkanes of at least 4 members (excludes halogenated alkanes) is 9. The number of rotatable bonds is 17. The highest BCUT2D eigenvalue weighted by Gasteiger charge is 2.03. The summed E-state index contributed by atoms with van der Waals surface area (Å²) in [5, 5.41) is 28.3. The molecule has 4 heteroatoms. The maximum atomic E-state index is 10.4. The predicted molar refractivity (Wildman–Crippen MR) is 99.1 cm³/mol. The molecule has 0 aromatic carbocycles. The Kier molecular flexibility index (Phi) is 16.4. The topological polar surface area (TPSA) is 77.8 Å². The summed E-state index contributed by atoms with van der Waals surface area (Å²) in [6.07, 6.45) is 16.2. The normalized spacial score (nSPS) is 14.1. The van der Waals surface area contributed by atoms with Crippen molar-refractivity contribution in [2.45, 2.75) is 109 Å². The van der Waals surface area contributed by atoms with Crippen molar-refractivity contribution in [3.63, 3.8) is 0 Å². The van der Waals surface area contributed by atoms with Crippen LogP contribution in [-0.4, -0.2) is 33.5 Å². The van der Waals surface area contributed by atoms with Crippen LogP contribution in [0, 0.1) is 0 Å². The second kappa shape index (κ2) is 17.0. The van der Waals surface area contributed by atoms with Crippen molar-refractivity contribution < 1.29 is 20.1 Å². The van der Waals surface area contributed by atoms with Crippen molar-refractivity contribution in [1.82, 2.24) is 0 Å². The SMILES string of the molecule is CCCCCCCCC(O)/C=C/C(O)CCCCCCCC(=O)O. The van der Waals surface area contributed by atoms with Gasteiger partial charge in [-0.15, -0.1) is 0 Å². The standard InChI is InChI=1S/C20H38O4/c1-2-3-4-5-7-10-13-18(21)16-17-19(22)14-11-8-6-9-12-15-20(23)24/h16-19,21-22H,2-15H2,1H3,(H,23,24)/b17-16+. The minimum Gasteiger partial charge on any atom is -0.481 e. The lowest BCUT2D eigenvalue weighted by molar-refractivity contribution is -0.137. The number of aliphatic hydroxyl groups excluding tert-OH is 2. The van der Waals surface area contributed by atoms with Gasteiger partial charge in [0, 0.05) is 6.42 Å². The van der Waals surface area contributed by atoms with E-state index >= 15 is 0 Å². The van der Waals surface area contributed by atoms with E-state index in [-0.39, 0.29) is 6.42 Å². The van der Waals surface area contributed by atoms with Gasteiger partial charge in [0.1, 0.15) is 0 Å². The quantitative estimate of drug-likeness (QED) is 0.261. The maximum Gasteiger partial charge on any atom is 0.303 e. The van der Waals surface area contributed by atoms with E-state index in [1.54, 1.807) is 12.2 Å². The Morgan fingerprint density at radius 1 is 0.750 bits per heavy atom. The molecule has 0 saturated heterocycles. The van der Waals surface area contributed by atoms with Gasteiger partial charge in [0.05, 0.1) is 12.2 Å². The largest absolute Gasteiger partial charge is 0.481 e. The fourth-order valence-electron chi connectivity index (χ4n) is 2.74. The lowest BCUT2D eigenvalue weighted by Crippen LogP contribution is -2.06. The third-order valence-electron chi connectivity index (χ3n) is 4.30. The second-order valence-corrected chi connectivity index (χ2v) is 6.78. The van der Waals surface area contributed by atoms with Crippen molar-refractivity contribution in [2.24, 2.45) is 0 Å². The Labute approximate surface area is 148 Å². The van der Waals surface area contributed by atoms with Crippen LogP contribution in [0.5, 0.6) is 0 Å². The molecular formula is C20H38O4. The van der Waals surface area contributed by atoms with Crippen LogP contribution in [0.4, 0.5) is 0 Å². The lowest BCUT2D eigenvalue weighted by Gasteiger charge is -2.08. The molecule has 2 unspecified atom stereocenters. The zero-order valence-electron chi connectivity index (χ0n) is 15.5. The Hall–Kier alpha value is -0.870. The summed E-state index contributed by atoms with van der Waals surface area (Å²) in [5.41, 5.74) is 0. The molecule has 0 spiro atoms. The van der Waals surface area contributed by atoms with Crippen LogP contribution in [0.1, 0.15) is 96.8 Å². The van der Waals surface area contributed by atoms with Gasteiger partial charge in [-0.1, -0.05) is 83.3 Å². The summed E-state index contributed by atoms with van der Waals surface area (Å²) >= 11 is 0. The molecule has 0 radical (unpaired) electrons. The summed E-state index contributed by atoms with van der Waals surface area (Å²) in [7, 11) is 0. The Balaban J connectivity index is 3.48. The summed E-state index contributed by atoms with van der Waals surface area (Å²) in [5.74, 6) is -0.727. The van der Waals surface area contributed by atoms with E-state index in [1.165, 1.54) is 32.1 Å². The van der Waals surface area contributed by atoms with Crippen molar-refractivity contribution in [3.8, 4) is 0 Å². The number of aliphatic carboxylic acids is 1. The molecule has 0 saturated carbocycles. The first-order chi connectivity index (χ1) is 11.6. The van der Waals surface area contributed by atoms with Crippen molar-refractivity contribution in [1.29, 1.82) is 0 Å². The highest BCUT2D eigenvalue weighted by Crippen LogP contribution is 2.11. The van der Waals surface area contributed by atoms with Crippen LogP contribution >= 0.6 is 0 Å². The zero-order valence-corrected chi connectivity index (χ0v) is 15.5. The fraction of sp³-hybridized carbons (Fsp3) is 0.850. The molecule has 0 aliphatic heterocycles. The molecule has 142 valence electrons. The summed E-state index contributed by atoms with van der Waals surface area (Å²) < 4.78 is 0. The summed E-state index contributed by atoms with van der Waals surface area (Å²) in [6.45, 7) is 2.21. The molecule has 0 rings (SSSR count). The molecule has 3 N–H and O–H groups in total. The molecule has 0 fully saturated rings. The Morgan fingerprint density at radius 3 is 1.62 bits per heavy atom. The van der Waals surface area contributed by atoms with E-state index in [4.69, 9.17) is 5.11 Å². The molecule has 0 aliphatic carbocycles. The average molecular weight is 343 g/mol. The van der Waals surface area contributed by atoms with Gasteiger partial charge in [-0.05, 0) is 19.3 Å². The number of aliphatic hydroxyl groups is 2. The van der Waals surface area contributed by atoms with Gasteiger partial charge >= 0.3 is 5.97 Å². The molecule has 0 amide bonds. The van der Waals surface area contributed by atoms with E-state index in [1.807, 2.05) is 0 Å². The zero-order chi connectivity index (χ0) is 18.0. The number of carbonyl (C=O) groups is 1. The van der Waals surface area contributed by atoms with Crippen molar-refractivity contribution >= 4 is 5.97 Å². The Bertz CT molecular complexity index is 315. The first kappa shape index (κ1) is 23.1. The predicted octanol–water partition coefficient (Wildman–Crippen LogP) is 4.83. The van der Waals surface area contributed by atoms with Gasteiger partial charge in [0.15, 0.2) is 0 Å². The lowest BCUT2D eigenvalue weighted by atomic mass is 10.0. The maximum absolute atomic E-state index is 10.4. The van der Waals surface area contributed by atoms with Gasteiger partial charge in [-0.25, -0.2) is 0 Å². The molecule has 2 atom stereocenters. The first-order valence-corrected chi connectivity index (χ1v) is 9.82. The first-order valence-electron chi connectivity index (χ1n) is 9.82. The number of carboxylic acids is 1. The van der Waals surface area contributed by atoms with Crippen LogP contribution in [0.3, 0.4) is 0 Å². The summed E-state index contributed by atoms with van der Waals surface area (Å²) in [6, 6.07) is 0. The van der Waals surface area contributed by atoms with Crippen LogP contribution in [0.25, 0.3) is 0 Å². The molecule has 0 aromatic heterocycles. The van der Waals surface area contributed by atoms with E-state index < -0.39 is 18.2 Å². The van der Waals surface area contributed by atoms with E-state index in [9.17, 15) is 15.0 Å². The van der Waals surface area contributed by atoms with Gasteiger partial charge in [0.25, 0.3) is 0 Å². The molecule has 0 aliphatic rings. The van der Waals surface area contributed by atoms with Crippen LogP contribution in [0.15, 0.2) is 12.2 Å². The monoisotopic (exact) mass is 342 g/mol. The van der Waals surface area contributed by atoms with Gasteiger partial charge in [-0.3, -0.25) is 4.79 Å². The highest BCUT2D eigenvalue weighted by molar-refractivity contribution is 5.66. The van der Waals surface area contributed by atoms with Crippen molar-refractivity contribution in [3.05, 3.63) is 12.2 Å². The summed E-state index contributed by atoms with van der Waals surface area (Å²) in [4.78, 5) is 10.4. The minimum absolute atomic E-state index is 0.252. The third kappa shape index (κ3) is 17.5. The molecule has 24 heavy (non-hydrogen) atoms. The number of carboxylic acid groups (broad SMARTS) is 1. The third-order valence-corrected chi connectivity index (χ3v) is 4.30. The van der Waals surface area contributed by atoms with Crippen LogP contribution in [-0.2, 0) is 4.79 Å². The molecular weight excluding hydrogens is 304 g/mol. The second-order valence-electron chi connectivity index (χ2n) is 6.78. The van der Waals surface area contributed by atoms with E-state index in [2.05, 4.69) is 6.92 Å². The van der Waals surface area contributed by atoms with Crippen LogP contribution in [0.2, 0.25) is 0 Å². The smallest absolute Gasteiger partial charge is 0.303 e. The van der Waals surface area contributed by atoms with Gasteiger partial charge in [0.2, 0.25) is 0 Å². The van der Waals surface area contributed by atoms with E-state index in [0.29, 0.717) is 6.42 Å². The number of hydrogen-bond acceptors (Lipinski definition) is 3. The average Bonchev–Trinajstić information content (AvgIpc) is 2.55. The highest BCUT2D eigenvalue weighted by atomic mass is 16.4. The van der Waals surface area contributed by atoms with Crippen LogP contribution < -0.4 is 0 Å². The van der Waals surface area contributed by atoms with Gasteiger partial charge in [-0.2, -0.15) is 0 Å². The molecule has 0 heterocycles. The van der Waals surface area contributed by atoms with Gasteiger partial charge < -0.3 is 15.3 Å². The van der Waals surface area contributed by atoms with Crippen molar-refractivity contribution in [2.75, 3.05) is 0 Å². The number of hydrogen-bond donors (Lipinski definition) is 3. The Morgan fingerprint density at radius 2 is 1.17 bits per heavy atom. The van der Waals surface area contributed by atoms with E-state index in [0.717, 1.165) is 44.9 Å². The molecule has 0 bridgehead atoms. The fourth-order valence-corrected chi connectivity index (χ4v) is 2.74. The minimum atomic E-state index is -0.727. The molecule has 0 aromatic rings. The molecule has 4 nitrogen and oxygen atoms in total.